The molecule has 1 N–H and O–H groups in total. The molecule has 0 aromatic carbocycles. The zero-order chi connectivity index (χ0) is 20.2. The Balaban J connectivity index is 1.40. The van der Waals surface area contributed by atoms with Gasteiger partial charge in [0.15, 0.2) is 10.8 Å². The lowest BCUT2D eigenvalue weighted by molar-refractivity contribution is 0.0207. The Labute approximate surface area is 177 Å². The van der Waals surface area contributed by atoms with Gasteiger partial charge in [-0.15, -0.1) is 11.3 Å². The van der Waals surface area contributed by atoms with Gasteiger partial charge in [0.25, 0.3) is 5.56 Å². The molecule has 4 rings (SSSR count). The van der Waals surface area contributed by atoms with Crippen LogP contribution < -0.4 is 10.5 Å². The predicted molar refractivity (Wildman–Crippen MR) is 116 cm³/mol. The first-order valence-corrected chi connectivity index (χ1v) is 11.4. The Morgan fingerprint density at radius 1 is 1.31 bits per heavy atom. The molecule has 0 unspecified atom stereocenters. The van der Waals surface area contributed by atoms with Crippen LogP contribution in [-0.4, -0.2) is 70.0 Å². The lowest BCUT2D eigenvalue weighted by Gasteiger charge is -2.33. The summed E-state index contributed by atoms with van der Waals surface area (Å²) in [5.41, 5.74) is 0.316. The second-order valence-electron chi connectivity index (χ2n) is 7.02. The number of piperazine rings is 1. The summed E-state index contributed by atoms with van der Waals surface area (Å²) in [7, 11) is 0. The summed E-state index contributed by atoms with van der Waals surface area (Å²) in [4.78, 5) is 27.5. The molecule has 4 heterocycles. The third kappa shape index (κ3) is 4.84. The largest absolute Gasteiger partial charge is 0.389 e. The molecule has 0 radical (unpaired) electrons. The lowest BCUT2D eigenvalue weighted by Crippen LogP contribution is -2.46. The molecule has 29 heavy (non-hydrogen) atoms. The van der Waals surface area contributed by atoms with Gasteiger partial charge in [0.1, 0.15) is 11.0 Å². The number of aliphatic hydroxyl groups excluding tert-OH is 1. The summed E-state index contributed by atoms with van der Waals surface area (Å²) in [6.45, 7) is 7.81. The van der Waals surface area contributed by atoms with Crippen LogP contribution in [-0.2, 0) is 17.9 Å². The number of rotatable bonds is 8. The third-order valence-electron chi connectivity index (χ3n) is 5.00. The van der Waals surface area contributed by atoms with E-state index in [1.165, 1.54) is 22.2 Å². The third-order valence-corrected chi connectivity index (χ3v) is 6.95. The second kappa shape index (κ2) is 9.31. The summed E-state index contributed by atoms with van der Waals surface area (Å²) in [5.74, 6) is 0. The van der Waals surface area contributed by atoms with Gasteiger partial charge in [-0.2, -0.15) is 4.98 Å². The number of anilines is 1. The van der Waals surface area contributed by atoms with Crippen LogP contribution in [0.1, 0.15) is 11.8 Å². The van der Waals surface area contributed by atoms with E-state index in [0.29, 0.717) is 17.0 Å². The van der Waals surface area contributed by atoms with E-state index in [9.17, 15) is 9.90 Å². The van der Waals surface area contributed by atoms with Crippen LogP contribution >= 0.6 is 22.7 Å². The molecule has 3 aromatic heterocycles. The van der Waals surface area contributed by atoms with Crippen LogP contribution in [0.5, 0.6) is 0 Å². The first-order chi connectivity index (χ1) is 14.1. The Kier molecular flexibility index (Phi) is 6.56. The number of nitrogens with zero attached hydrogens (tertiary/aromatic N) is 5. The van der Waals surface area contributed by atoms with Gasteiger partial charge in [-0.25, -0.2) is 4.98 Å². The highest BCUT2D eigenvalue weighted by Crippen LogP contribution is 2.26. The topological polar surface area (TPSA) is 83.7 Å². The summed E-state index contributed by atoms with van der Waals surface area (Å²) < 4.78 is 7.52. The second-order valence-corrected chi connectivity index (χ2v) is 9.03. The molecule has 0 aliphatic carbocycles. The van der Waals surface area contributed by atoms with Crippen LogP contribution in [0.3, 0.4) is 0 Å². The smallest absolute Gasteiger partial charge is 0.273 e. The maximum Gasteiger partial charge on any atom is 0.273 e. The summed E-state index contributed by atoms with van der Waals surface area (Å²) >= 11 is 3.00. The molecule has 0 amide bonds. The number of aliphatic hydroxyl groups is 1. The van der Waals surface area contributed by atoms with Crippen LogP contribution in [0.4, 0.5) is 5.13 Å². The number of hydrogen-bond donors (Lipinski definition) is 1. The van der Waals surface area contributed by atoms with Crippen LogP contribution in [0.15, 0.2) is 28.6 Å². The van der Waals surface area contributed by atoms with Crippen molar-refractivity contribution >= 4 is 38.2 Å². The minimum atomic E-state index is -0.776. The lowest BCUT2D eigenvalue weighted by atomic mass is 10.3. The molecule has 0 bridgehead atoms. The molecule has 3 aromatic rings. The van der Waals surface area contributed by atoms with E-state index in [1.54, 1.807) is 11.3 Å². The van der Waals surface area contributed by atoms with Crippen molar-refractivity contribution < 1.29 is 9.84 Å². The van der Waals surface area contributed by atoms with E-state index in [1.807, 2.05) is 17.5 Å². The van der Waals surface area contributed by atoms with Crippen molar-refractivity contribution in [1.82, 2.24) is 19.4 Å². The highest BCUT2D eigenvalue weighted by molar-refractivity contribution is 7.22. The average Bonchev–Trinajstić information content (AvgIpc) is 3.40. The van der Waals surface area contributed by atoms with E-state index in [2.05, 4.69) is 26.7 Å². The fraction of sp³-hybridized carbons (Fsp3) is 0.526. The molecule has 10 heteroatoms. The van der Waals surface area contributed by atoms with Crippen LogP contribution in [0, 0.1) is 0 Å². The van der Waals surface area contributed by atoms with Gasteiger partial charge < -0.3 is 19.6 Å². The Bertz CT molecular complexity index is 980. The molecular formula is C19H25N5O3S2. The fourth-order valence-electron chi connectivity index (χ4n) is 3.33. The average molecular weight is 436 g/mol. The van der Waals surface area contributed by atoms with Crippen molar-refractivity contribution in [3.05, 3.63) is 39.1 Å². The maximum absolute atomic E-state index is 12.8. The zero-order valence-electron chi connectivity index (χ0n) is 16.4. The van der Waals surface area contributed by atoms with Crippen molar-refractivity contribution in [2.24, 2.45) is 0 Å². The highest BCUT2D eigenvalue weighted by Gasteiger charge is 2.21. The molecule has 0 saturated carbocycles. The Morgan fingerprint density at radius 2 is 2.14 bits per heavy atom. The van der Waals surface area contributed by atoms with Crippen molar-refractivity contribution in [1.29, 1.82) is 0 Å². The SMILES string of the molecule is CCN1CCN(c2nc3ncn(C[C@@H](O)COCc4cccs4)c(=O)c3s2)CC1. The summed E-state index contributed by atoms with van der Waals surface area (Å²) in [5, 5.41) is 13.1. The first-order valence-electron chi connectivity index (χ1n) is 9.75. The minimum Gasteiger partial charge on any atom is -0.389 e. The number of aromatic nitrogens is 3. The van der Waals surface area contributed by atoms with Gasteiger partial charge >= 0.3 is 0 Å². The number of thiophene rings is 1. The van der Waals surface area contributed by atoms with Gasteiger partial charge in [0.2, 0.25) is 0 Å². The molecule has 8 nitrogen and oxygen atoms in total. The van der Waals surface area contributed by atoms with Gasteiger partial charge in [0, 0.05) is 31.1 Å². The van der Waals surface area contributed by atoms with E-state index in [0.717, 1.165) is 42.7 Å². The molecule has 1 saturated heterocycles. The fourth-order valence-corrected chi connectivity index (χ4v) is 4.99. The van der Waals surface area contributed by atoms with Crippen LogP contribution in [0.25, 0.3) is 10.3 Å². The van der Waals surface area contributed by atoms with Crippen molar-refractivity contribution in [2.45, 2.75) is 26.2 Å². The van der Waals surface area contributed by atoms with Crippen molar-refractivity contribution in [3.8, 4) is 0 Å². The van der Waals surface area contributed by atoms with Crippen molar-refractivity contribution in [2.75, 3.05) is 44.2 Å². The number of likely N-dealkylation sites (N-methyl/N-ethyl adjacent to an activating group) is 1. The van der Waals surface area contributed by atoms with Crippen molar-refractivity contribution in [3.63, 3.8) is 0 Å². The zero-order valence-corrected chi connectivity index (χ0v) is 18.0. The molecular weight excluding hydrogens is 410 g/mol. The summed E-state index contributed by atoms with van der Waals surface area (Å²) in [6, 6.07) is 3.95. The predicted octanol–water partition coefficient (Wildman–Crippen LogP) is 1.63. The molecule has 1 aliphatic heterocycles. The Hall–Kier alpha value is -1.85. The van der Waals surface area contributed by atoms with Gasteiger partial charge in [-0.3, -0.25) is 9.36 Å². The van der Waals surface area contributed by atoms with Gasteiger partial charge in [-0.1, -0.05) is 24.3 Å². The highest BCUT2D eigenvalue weighted by atomic mass is 32.1. The molecule has 0 spiro atoms. The first kappa shape index (κ1) is 20.4. The van der Waals surface area contributed by atoms with E-state index in [4.69, 9.17) is 4.74 Å². The maximum atomic E-state index is 12.8. The molecule has 1 fully saturated rings. The van der Waals surface area contributed by atoms with E-state index in [-0.39, 0.29) is 18.7 Å². The molecule has 1 atom stereocenters. The van der Waals surface area contributed by atoms with Crippen LogP contribution in [0.2, 0.25) is 0 Å². The minimum absolute atomic E-state index is 0.147. The number of thiazole rings is 1. The standard InChI is InChI=1S/C19H25N5O3S2/c1-2-22-5-7-23(8-6-22)19-21-17-16(29-19)18(26)24(13-20-17)10-14(25)11-27-12-15-4-3-9-28-15/h3-4,9,13-14,25H,2,5-8,10-12H2,1H3/t14-/m1/s1. The molecule has 156 valence electrons. The normalized spacial score (nSPS) is 16.6. The number of hydrogen-bond acceptors (Lipinski definition) is 9. The number of ether oxygens (including phenoxy) is 1. The Morgan fingerprint density at radius 3 is 2.86 bits per heavy atom. The number of fused-ring (bicyclic) bond motifs is 1. The quantitative estimate of drug-likeness (QED) is 0.576. The van der Waals surface area contributed by atoms with E-state index >= 15 is 0 Å². The summed E-state index contributed by atoms with van der Waals surface area (Å²) in [6.07, 6.45) is 0.688. The van der Waals surface area contributed by atoms with E-state index < -0.39 is 6.10 Å². The van der Waals surface area contributed by atoms with Gasteiger partial charge in [0.05, 0.1) is 25.9 Å². The monoisotopic (exact) mass is 435 g/mol. The molecule has 1 aliphatic rings. The van der Waals surface area contributed by atoms with Gasteiger partial charge in [-0.05, 0) is 18.0 Å².